The largest absolute Gasteiger partial charge is 0.586 e. The fourth-order valence-corrected chi connectivity index (χ4v) is 1.48. The minimum atomic E-state index is -3.55. The summed E-state index contributed by atoms with van der Waals surface area (Å²) in [6, 6.07) is 4.63. The SMILES string of the molecule is FC1(F)Oc2ccc(C=CCCCl)cc2O1. The average Bonchev–Trinajstić information content (AvgIpc) is 2.51. The van der Waals surface area contributed by atoms with Crippen molar-refractivity contribution in [1.29, 1.82) is 0 Å². The van der Waals surface area contributed by atoms with Gasteiger partial charge in [0.25, 0.3) is 0 Å². The van der Waals surface area contributed by atoms with Gasteiger partial charge in [0.2, 0.25) is 0 Å². The lowest BCUT2D eigenvalue weighted by Gasteiger charge is -2.04. The number of allylic oxidation sites excluding steroid dienone is 1. The maximum absolute atomic E-state index is 12.7. The van der Waals surface area contributed by atoms with Gasteiger partial charge in [0.1, 0.15) is 0 Å². The molecule has 0 N–H and O–H groups in total. The standard InChI is InChI=1S/C11H9ClF2O2/c12-6-2-1-3-8-4-5-9-10(7-8)16-11(13,14)15-9/h1,3-5,7H,2,6H2. The highest BCUT2D eigenvalue weighted by Gasteiger charge is 2.43. The van der Waals surface area contributed by atoms with Crippen molar-refractivity contribution in [2.75, 3.05) is 5.88 Å². The molecule has 0 bridgehead atoms. The van der Waals surface area contributed by atoms with Crippen LogP contribution in [0.5, 0.6) is 11.5 Å². The zero-order valence-electron chi connectivity index (χ0n) is 8.25. The van der Waals surface area contributed by atoms with E-state index in [1.165, 1.54) is 12.1 Å². The minimum Gasteiger partial charge on any atom is -0.395 e. The molecule has 0 fully saturated rings. The van der Waals surface area contributed by atoms with E-state index in [2.05, 4.69) is 9.47 Å². The van der Waals surface area contributed by atoms with Crippen molar-refractivity contribution in [3.05, 3.63) is 29.8 Å². The van der Waals surface area contributed by atoms with E-state index >= 15 is 0 Å². The van der Waals surface area contributed by atoms with E-state index in [9.17, 15) is 8.78 Å². The summed E-state index contributed by atoms with van der Waals surface area (Å²) in [4.78, 5) is 0. The molecule has 0 amide bonds. The molecule has 0 saturated heterocycles. The van der Waals surface area contributed by atoms with Gasteiger partial charge in [0.05, 0.1) is 0 Å². The summed E-state index contributed by atoms with van der Waals surface area (Å²) in [5.41, 5.74) is 0.769. The summed E-state index contributed by atoms with van der Waals surface area (Å²) in [5.74, 6) is 0.636. The fourth-order valence-electron chi connectivity index (χ4n) is 1.35. The monoisotopic (exact) mass is 246 g/mol. The lowest BCUT2D eigenvalue weighted by Crippen LogP contribution is -2.25. The smallest absolute Gasteiger partial charge is 0.395 e. The van der Waals surface area contributed by atoms with Crippen molar-refractivity contribution in [2.24, 2.45) is 0 Å². The molecule has 0 unspecified atom stereocenters. The molecule has 2 nitrogen and oxygen atoms in total. The predicted octanol–water partition coefficient (Wildman–Crippen LogP) is 3.65. The third-order valence-electron chi connectivity index (χ3n) is 2.01. The Morgan fingerprint density at radius 1 is 1.25 bits per heavy atom. The highest BCUT2D eigenvalue weighted by molar-refractivity contribution is 6.17. The molecule has 2 rings (SSSR count). The van der Waals surface area contributed by atoms with Gasteiger partial charge in [-0.2, -0.15) is 0 Å². The van der Waals surface area contributed by atoms with E-state index in [4.69, 9.17) is 11.6 Å². The van der Waals surface area contributed by atoms with E-state index < -0.39 is 6.29 Å². The summed E-state index contributed by atoms with van der Waals surface area (Å²) in [7, 11) is 0. The van der Waals surface area contributed by atoms with Gasteiger partial charge in [-0.3, -0.25) is 0 Å². The summed E-state index contributed by atoms with van der Waals surface area (Å²) in [6.45, 7) is 0. The molecule has 86 valence electrons. The van der Waals surface area contributed by atoms with Gasteiger partial charge in [-0.1, -0.05) is 18.2 Å². The van der Waals surface area contributed by atoms with Crippen LogP contribution in [0.25, 0.3) is 6.08 Å². The highest BCUT2D eigenvalue weighted by Crippen LogP contribution is 2.41. The minimum absolute atomic E-state index is 0.0537. The van der Waals surface area contributed by atoms with Crippen molar-refractivity contribution in [2.45, 2.75) is 12.7 Å². The second kappa shape index (κ2) is 4.29. The van der Waals surface area contributed by atoms with Gasteiger partial charge in [-0.15, -0.1) is 20.4 Å². The van der Waals surface area contributed by atoms with Gasteiger partial charge in [0, 0.05) is 5.88 Å². The Balaban J connectivity index is 2.16. The first-order chi connectivity index (χ1) is 7.61. The summed E-state index contributed by atoms with van der Waals surface area (Å²) in [6.07, 6.45) is 0.831. The zero-order chi connectivity index (χ0) is 11.6. The molecule has 0 atom stereocenters. The van der Waals surface area contributed by atoms with Gasteiger partial charge >= 0.3 is 6.29 Å². The van der Waals surface area contributed by atoms with Crippen LogP contribution in [0.4, 0.5) is 8.78 Å². The Bertz CT molecular complexity index is 418. The van der Waals surface area contributed by atoms with Crippen LogP contribution in [0.1, 0.15) is 12.0 Å². The van der Waals surface area contributed by atoms with Gasteiger partial charge in [0.15, 0.2) is 11.5 Å². The summed E-state index contributed by atoms with van der Waals surface area (Å²) in [5, 5.41) is 0. The predicted molar refractivity (Wildman–Crippen MR) is 57.0 cm³/mol. The second-order valence-electron chi connectivity index (χ2n) is 3.25. The maximum atomic E-state index is 12.7. The average molecular weight is 247 g/mol. The van der Waals surface area contributed by atoms with Crippen LogP contribution in [0, 0.1) is 0 Å². The zero-order valence-corrected chi connectivity index (χ0v) is 9.01. The number of alkyl halides is 3. The molecule has 0 spiro atoms. The molecule has 5 heteroatoms. The molecule has 0 saturated carbocycles. The summed E-state index contributed by atoms with van der Waals surface area (Å²) < 4.78 is 34.0. The fraction of sp³-hybridized carbons (Fsp3) is 0.273. The Kier molecular flexibility index (Phi) is 3.01. The third kappa shape index (κ3) is 2.44. The highest BCUT2D eigenvalue weighted by atomic mass is 35.5. The maximum Gasteiger partial charge on any atom is 0.586 e. The van der Waals surface area contributed by atoms with Crippen LogP contribution >= 0.6 is 11.6 Å². The lowest BCUT2D eigenvalue weighted by atomic mass is 10.2. The Morgan fingerprint density at radius 2 is 2.00 bits per heavy atom. The van der Waals surface area contributed by atoms with Crippen LogP contribution in [0.2, 0.25) is 0 Å². The van der Waals surface area contributed by atoms with Crippen LogP contribution in [0.15, 0.2) is 24.3 Å². The molecule has 16 heavy (non-hydrogen) atoms. The van der Waals surface area contributed by atoms with Crippen LogP contribution in [-0.2, 0) is 0 Å². The molecule has 1 aromatic rings. The molecule has 1 heterocycles. The van der Waals surface area contributed by atoms with Crippen LogP contribution < -0.4 is 9.47 Å². The van der Waals surface area contributed by atoms with Crippen molar-refractivity contribution >= 4 is 17.7 Å². The number of rotatable bonds is 3. The first-order valence-corrected chi connectivity index (χ1v) is 5.26. The Morgan fingerprint density at radius 3 is 2.75 bits per heavy atom. The number of halogens is 3. The normalized spacial score (nSPS) is 16.9. The van der Waals surface area contributed by atoms with Crippen molar-refractivity contribution in [3.8, 4) is 11.5 Å². The number of hydrogen-bond acceptors (Lipinski definition) is 2. The molecule has 1 aliphatic rings. The van der Waals surface area contributed by atoms with Gasteiger partial charge < -0.3 is 9.47 Å². The first kappa shape index (κ1) is 11.2. The van der Waals surface area contributed by atoms with E-state index in [0.717, 1.165) is 12.0 Å². The number of hydrogen-bond donors (Lipinski definition) is 0. The molecule has 0 aromatic heterocycles. The quantitative estimate of drug-likeness (QED) is 0.758. The van der Waals surface area contributed by atoms with Gasteiger partial charge in [-0.25, -0.2) is 0 Å². The van der Waals surface area contributed by atoms with E-state index in [-0.39, 0.29) is 11.5 Å². The van der Waals surface area contributed by atoms with Crippen molar-refractivity contribution < 1.29 is 18.3 Å². The van der Waals surface area contributed by atoms with E-state index in [1.54, 1.807) is 12.1 Å². The molecular formula is C11H9ClF2O2. The Hall–Kier alpha value is -1.29. The van der Waals surface area contributed by atoms with Crippen LogP contribution in [-0.4, -0.2) is 12.2 Å². The lowest BCUT2D eigenvalue weighted by molar-refractivity contribution is -0.286. The van der Waals surface area contributed by atoms with E-state index in [0.29, 0.717) is 5.88 Å². The van der Waals surface area contributed by atoms with E-state index in [1.807, 2.05) is 6.08 Å². The van der Waals surface area contributed by atoms with Crippen molar-refractivity contribution in [3.63, 3.8) is 0 Å². The molecule has 1 aromatic carbocycles. The second-order valence-corrected chi connectivity index (χ2v) is 3.63. The molecule has 0 aliphatic carbocycles. The number of benzene rings is 1. The first-order valence-electron chi connectivity index (χ1n) is 4.73. The van der Waals surface area contributed by atoms with Crippen LogP contribution in [0.3, 0.4) is 0 Å². The number of fused-ring (bicyclic) bond motifs is 1. The Labute approximate surface area is 96.4 Å². The number of ether oxygens (including phenoxy) is 2. The molecule has 0 radical (unpaired) electrons. The molecular weight excluding hydrogens is 238 g/mol. The topological polar surface area (TPSA) is 18.5 Å². The summed E-state index contributed by atoms with van der Waals surface area (Å²) >= 11 is 5.50. The third-order valence-corrected chi connectivity index (χ3v) is 2.23. The van der Waals surface area contributed by atoms with Gasteiger partial charge in [-0.05, 0) is 24.1 Å². The molecule has 1 aliphatic heterocycles. The van der Waals surface area contributed by atoms with Crippen molar-refractivity contribution in [1.82, 2.24) is 0 Å².